The zero-order chi connectivity index (χ0) is 21.6. The highest BCUT2D eigenvalue weighted by Gasteiger charge is 2.13. The second-order valence-electron chi connectivity index (χ2n) is 8.24. The number of amides is 1. The van der Waals surface area contributed by atoms with Gasteiger partial charge in [-0.05, 0) is 46.7 Å². The van der Waals surface area contributed by atoms with Crippen LogP contribution in [0.5, 0.6) is 5.75 Å². The van der Waals surface area contributed by atoms with Crippen molar-refractivity contribution in [3.8, 4) is 16.9 Å². The van der Waals surface area contributed by atoms with Gasteiger partial charge in [-0.1, -0.05) is 87.5 Å². The first-order valence-corrected chi connectivity index (χ1v) is 10.1. The van der Waals surface area contributed by atoms with E-state index in [9.17, 15) is 4.79 Å². The molecule has 154 valence electrons. The smallest absolute Gasteiger partial charge is 0.277 e. The van der Waals surface area contributed by atoms with Gasteiger partial charge in [-0.3, -0.25) is 4.79 Å². The molecule has 0 bridgehead atoms. The predicted octanol–water partition coefficient (Wildman–Crippen LogP) is 5.57. The summed E-state index contributed by atoms with van der Waals surface area (Å²) in [5.74, 6) is 0.366. The quantitative estimate of drug-likeness (QED) is 0.434. The molecule has 1 amide bonds. The average Bonchev–Trinajstić information content (AvgIpc) is 2.76. The number of rotatable bonds is 6. The van der Waals surface area contributed by atoms with Gasteiger partial charge in [0.25, 0.3) is 5.91 Å². The van der Waals surface area contributed by atoms with Crippen LogP contribution in [0.15, 0.2) is 84.0 Å². The fraction of sp³-hybridized carbons (Fsp3) is 0.231. The topological polar surface area (TPSA) is 50.7 Å². The van der Waals surface area contributed by atoms with Gasteiger partial charge in [-0.2, -0.15) is 5.10 Å². The molecule has 3 rings (SSSR count). The number of carbonyl (C=O) groups excluding carboxylic acids is 1. The maximum absolute atomic E-state index is 12.1. The lowest BCUT2D eigenvalue weighted by Crippen LogP contribution is -2.25. The molecule has 3 aromatic rings. The normalized spacial score (nSPS) is 11.8. The van der Waals surface area contributed by atoms with Gasteiger partial charge in [-0.25, -0.2) is 5.43 Å². The van der Waals surface area contributed by atoms with Crippen molar-refractivity contribution in [2.24, 2.45) is 5.10 Å². The van der Waals surface area contributed by atoms with Crippen LogP contribution in [-0.4, -0.2) is 18.2 Å². The molecule has 0 fully saturated rings. The fourth-order valence-corrected chi connectivity index (χ4v) is 2.98. The average molecular weight is 401 g/mol. The van der Waals surface area contributed by atoms with E-state index >= 15 is 0 Å². The van der Waals surface area contributed by atoms with Gasteiger partial charge in [0.2, 0.25) is 0 Å². The monoisotopic (exact) mass is 400 g/mol. The Morgan fingerprint density at radius 2 is 1.47 bits per heavy atom. The predicted molar refractivity (Wildman–Crippen MR) is 123 cm³/mol. The Balaban J connectivity index is 1.53. The van der Waals surface area contributed by atoms with Crippen molar-refractivity contribution in [1.29, 1.82) is 0 Å². The molecule has 0 aliphatic carbocycles. The van der Waals surface area contributed by atoms with Crippen molar-refractivity contribution < 1.29 is 9.53 Å². The summed E-state index contributed by atoms with van der Waals surface area (Å²) in [4.78, 5) is 12.1. The Morgan fingerprint density at radius 3 is 2.07 bits per heavy atom. The van der Waals surface area contributed by atoms with Gasteiger partial charge in [0, 0.05) is 0 Å². The lowest BCUT2D eigenvalue weighted by Gasteiger charge is -2.19. The third-order valence-corrected chi connectivity index (χ3v) is 4.85. The first-order chi connectivity index (χ1) is 14.3. The molecule has 0 unspecified atom stereocenters. The third-order valence-electron chi connectivity index (χ3n) is 4.85. The van der Waals surface area contributed by atoms with Crippen LogP contribution in [0.2, 0.25) is 0 Å². The van der Waals surface area contributed by atoms with Crippen LogP contribution in [0, 0.1) is 0 Å². The summed E-state index contributed by atoms with van der Waals surface area (Å²) in [6, 6.07) is 26.1. The lowest BCUT2D eigenvalue weighted by molar-refractivity contribution is -0.123. The van der Waals surface area contributed by atoms with Crippen molar-refractivity contribution >= 4 is 11.6 Å². The number of ether oxygens (including phenoxy) is 1. The molecule has 3 aromatic carbocycles. The number of nitrogens with zero attached hydrogens (tertiary/aromatic N) is 1. The minimum absolute atomic E-state index is 0.0847. The summed E-state index contributed by atoms with van der Waals surface area (Å²) >= 11 is 0. The number of hydrazone groups is 1. The standard InChI is InChI=1S/C26H28N2O2/c1-19(20-10-12-22(13-11-20)21-8-6-5-7-9-21)27-28-25(29)18-30-24-16-14-23(15-17-24)26(2,3)4/h5-17H,18H2,1-4H3,(H,28,29)/b27-19+. The number of hydrogen-bond acceptors (Lipinski definition) is 3. The van der Waals surface area contributed by atoms with Gasteiger partial charge in [-0.15, -0.1) is 0 Å². The molecule has 30 heavy (non-hydrogen) atoms. The molecular formula is C26H28N2O2. The van der Waals surface area contributed by atoms with E-state index in [1.54, 1.807) is 0 Å². The molecule has 0 aromatic heterocycles. The Morgan fingerprint density at radius 1 is 0.867 bits per heavy atom. The Kier molecular flexibility index (Phi) is 6.68. The van der Waals surface area contributed by atoms with Crippen LogP contribution >= 0.6 is 0 Å². The van der Waals surface area contributed by atoms with Gasteiger partial charge in [0.05, 0.1) is 5.71 Å². The number of hydrogen-bond donors (Lipinski definition) is 1. The molecular weight excluding hydrogens is 372 g/mol. The van der Waals surface area contributed by atoms with Gasteiger partial charge < -0.3 is 4.74 Å². The molecule has 0 heterocycles. The van der Waals surface area contributed by atoms with Crippen LogP contribution in [0.4, 0.5) is 0 Å². The highest BCUT2D eigenvalue weighted by Crippen LogP contribution is 2.24. The third kappa shape index (κ3) is 5.80. The molecule has 0 atom stereocenters. The zero-order valence-electron chi connectivity index (χ0n) is 18.0. The van der Waals surface area contributed by atoms with Crippen LogP contribution in [-0.2, 0) is 10.2 Å². The van der Waals surface area contributed by atoms with E-state index in [-0.39, 0.29) is 17.9 Å². The van der Waals surface area contributed by atoms with E-state index in [0.717, 1.165) is 16.8 Å². The van der Waals surface area contributed by atoms with Gasteiger partial charge in [0.1, 0.15) is 5.75 Å². The molecule has 1 N–H and O–H groups in total. The van der Waals surface area contributed by atoms with E-state index in [2.05, 4.69) is 55.6 Å². The molecule has 4 heteroatoms. The second kappa shape index (κ2) is 9.40. The van der Waals surface area contributed by atoms with E-state index in [1.807, 2.05) is 61.5 Å². The second-order valence-corrected chi connectivity index (χ2v) is 8.24. The lowest BCUT2D eigenvalue weighted by atomic mass is 9.87. The summed E-state index contributed by atoms with van der Waals surface area (Å²) in [6.45, 7) is 8.26. The first kappa shape index (κ1) is 21.3. The number of benzene rings is 3. The maximum Gasteiger partial charge on any atom is 0.277 e. The molecule has 0 saturated carbocycles. The van der Waals surface area contributed by atoms with Crippen molar-refractivity contribution in [2.45, 2.75) is 33.1 Å². The van der Waals surface area contributed by atoms with E-state index in [1.165, 1.54) is 11.1 Å². The van der Waals surface area contributed by atoms with Gasteiger partial charge in [0.15, 0.2) is 6.61 Å². The molecule has 0 radical (unpaired) electrons. The minimum Gasteiger partial charge on any atom is -0.484 e. The van der Waals surface area contributed by atoms with E-state index in [0.29, 0.717) is 5.75 Å². The van der Waals surface area contributed by atoms with Crippen LogP contribution in [0.3, 0.4) is 0 Å². The molecule has 0 saturated heterocycles. The van der Waals surface area contributed by atoms with E-state index < -0.39 is 0 Å². The van der Waals surface area contributed by atoms with Crippen molar-refractivity contribution in [1.82, 2.24) is 5.43 Å². The van der Waals surface area contributed by atoms with Crippen molar-refractivity contribution in [2.75, 3.05) is 6.61 Å². The largest absolute Gasteiger partial charge is 0.484 e. The first-order valence-electron chi connectivity index (χ1n) is 10.1. The summed E-state index contributed by atoms with van der Waals surface area (Å²) < 4.78 is 5.56. The van der Waals surface area contributed by atoms with Crippen LogP contribution < -0.4 is 10.2 Å². The maximum atomic E-state index is 12.1. The highest BCUT2D eigenvalue weighted by molar-refractivity contribution is 5.99. The van der Waals surface area contributed by atoms with Crippen molar-refractivity contribution in [3.05, 3.63) is 90.0 Å². The van der Waals surface area contributed by atoms with Gasteiger partial charge >= 0.3 is 0 Å². The zero-order valence-corrected chi connectivity index (χ0v) is 18.0. The highest BCUT2D eigenvalue weighted by atomic mass is 16.5. The molecule has 0 aliphatic rings. The summed E-state index contributed by atoms with van der Waals surface area (Å²) in [7, 11) is 0. The molecule has 0 aliphatic heterocycles. The Bertz CT molecular complexity index is 1000. The molecule has 4 nitrogen and oxygen atoms in total. The Hall–Kier alpha value is -3.40. The van der Waals surface area contributed by atoms with Crippen LogP contribution in [0.1, 0.15) is 38.8 Å². The number of nitrogens with one attached hydrogen (secondary N) is 1. The minimum atomic E-state index is -0.296. The van der Waals surface area contributed by atoms with E-state index in [4.69, 9.17) is 4.74 Å². The fourth-order valence-electron chi connectivity index (χ4n) is 2.98. The van der Waals surface area contributed by atoms with Crippen molar-refractivity contribution in [3.63, 3.8) is 0 Å². The Labute approximate surface area is 178 Å². The molecule has 0 spiro atoms. The summed E-state index contributed by atoms with van der Waals surface area (Å²) in [6.07, 6.45) is 0. The summed E-state index contributed by atoms with van der Waals surface area (Å²) in [5, 5.41) is 4.19. The van der Waals surface area contributed by atoms with Crippen LogP contribution in [0.25, 0.3) is 11.1 Å². The summed E-state index contributed by atoms with van der Waals surface area (Å²) in [5.41, 5.74) is 7.86. The SMILES string of the molecule is C/C(=N\NC(=O)COc1ccc(C(C)(C)C)cc1)c1ccc(-c2ccccc2)cc1. The number of carbonyl (C=O) groups is 1.